The molecule has 22 heavy (non-hydrogen) atoms. The second-order valence-electron chi connectivity index (χ2n) is 5.92. The molecule has 1 amide bonds. The average Bonchev–Trinajstić information content (AvgIpc) is 2.99. The van der Waals surface area contributed by atoms with Gasteiger partial charge in [-0.25, -0.2) is 0 Å². The smallest absolute Gasteiger partial charge is 0.250 e. The molecule has 6 nitrogen and oxygen atoms in total. The van der Waals surface area contributed by atoms with Crippen LogP contribution in [0.4, 0.5) is 0 Å². The number of Topliss-reactive ketones (excluding diaryl/α,β-unsaturated/α-hetero) is 1. The number of aromatic nitrogens is 1. The number of ketones is 1. The first kappa shape index (κ1) is 15.0. The Morgan fingerprint density at radius 2 is 2.14 bits per heavy atom. The lowest BCUT2D eigenvalue weighted by molar-refractivity contribution is -0.152. The van der Waals surface area contributed by atoms with Gasteiger partial charge in [-0.15, -0.1) is 0 Å². The van der Waals surface area contributed by atoms with Crippen molar-refractivity contribution in [3.8, 4) is 0 Å². The van der Waals surface area contributed by atoms with Crippen molar-refractivity contribution in [3.63, 3.8) is 0 Å². The first-order valence-electron chi connectivity index (χ1n) is 7.71. The fourth-order valence-electron chi connectivity index (χ4n) is 3.20. The van der Waals surface area contributed by atoms with Gasteiger partial charge in [0.1, 0.15) is 5.60 Å². The maximum atomic E-state index is 12.3. The molecule has 0 aliphatic carbocycles. The molecule has 6 heteroatoms. The molecule has 1 aromatic heterocycles. The highest BCUT2D eigenvalue weighted by Crippen LogP contribution is 2.33. The molecule has 0 saturated carbocycles. The number of amides is 1. The van der Waals surface area contributed by atoms with E-state index in [0.29, 0.717) is 26.1 Å². The molecule has 0 radical (unpaired) electrons. The molecule has 2 fully saturated rings. The summed E-state index contributed by atoms with van der Waals surface area (Å²) >= 11 is 0. The summed E-state index contributed by atoms with van der Waals surface area (Å²) in [5.41, 5.74) is -0.754. The predicted molar refractivity (Wildman–Crippen MR) is 79.4 cm³/mol. The van der Waals surface area contributed by atoms with E-state index in [2.05, 4.69) is 0 Å². The SMILES string of the molecule is O=C(CCn1ccccc1=O)N1CC[C@]2(CCCO2)C(=O)C1. The van der Waals surface area contributed by atoms with Crippen LogP contribution in [0.5, 0.6) is 0 Å². The number of nitrogens with zero attached hydrogens (tertiary/aromatic N) is 2. The van der Waals surface area contributed by atoms with Crippen molar-refractivity contribution in [2.45, 2.75) is 37.8 Å². The van der Waals surface area contributed by atoms with Gasteiger partial charge in [-0.2, -0.15) is 0 Å². The zero-order chi connectivity index (χ0) is 15.6. The summed E-state index contributed by atoms with van der Waals surface area (Å²) in [5.74, 6) is -0.0709. The molecule has 1 aromatic rings. The Hall–Kier alpha value is -1.95. The van der Waals surface area contributed by atoms with E-state index in [1.165, 1.54) is 10.6 Å². The Bertz CT molecular complexity index is 631. The van der Waals surface area contributed by atoms with E-state index < -0.39 is 5.60 Å². The number of hydrogen-bond donors (Lipinski definition) is 0. The van der Waals surface area contributed by atoms with Crippen molar-refractivity contribution in [1.29, 1.82) is 0 Å². The Kier molecular flexibility index (Phi) is 4.11. The van der Waals surface area contributed by atoms with Crippen LogP contribution in [0.15, 0.2) is 29.2 Å². The predicted octanol–water partition coefficient (Wildman–Crippen LogP) is 0.589. The average molecular weight is 304 g/mol. The third kappa shape index (κ3) is 2.83. The summed E-state index contributed by atoms with van der Waals surface area (Å²) in [5, 5.41) is 0. The van der Waals surface area contributed by atoms with Gasteiger partial charge in [-0.05, 0) is 18.9 Å². The maximum Gasteiger partial charge on any atom is 0.250 e. The molecule has 2 aliphatic rings. The van der Waals surface area contributed by atoms with Gasteiger partial charge >= 0.3 is 0 Å². The van der Waals surface area contributed by atoms with Gasteiger partial charge in [-0.1, -0.05) is 6.07 Å². The highest BCUT2D eigenvalue weighted by molar-refractivity contribution is 5.93. The van der Waals surface area contributed by atoms with Crippen LogP contribution < -0.4 is 5.56 Å². The van der Waals surface area contributed by atoms with Gasteiger partial charge in [-0.3, -0.25) is 14.4 Å². The maximum absolute atomic E-state index is 12.3. The highest BCUT2D eigenvalue weighted by atomic mass is 16.5. The zero-order valence-corrected chi connectivity index (χ0v) is 12.5. The Balaban J connectivity index is 1.57. The number of aryl methyl sites for hydroxylation is 1. The first-order valence-corrected chi connectivity index (χ1v) is 7.71. The molecule has 0 bridgehead atoms. The van der Waals surface area contributed by atoms with Crippen LogP contribution in [-0.2, 0) is 20.9 Å². The number of carbonyl (C=O) groups is 2. The van der Waals surface area contributed by atoms with Gasteiger partial charge in [0.2, 0.25) is 5.91 Å². The molecule has 3 rings (SSSR count). The molecule has 1 spiro atoms. The number of piperidine rings is 1. The standard InChI is InChI=1S/C16H20N2O4/c19-13-12-18(10-7-16(13)6-3-11-22-16)15(21)5-9-17-8-2-1-4-14(17)20/h1-2,4,8H,3,5-7,9-12H2/t16-/m1/s1. The van der Waals surface area contributed by atoms with Crippen molar-refractivity contribution in [1.82, 2.24) is 9.47 Å². The Morgan fingerprint density at radius 1 is 1.27 bits per heavy atom. The normalized spacial score (nSPS) is 24.9. The fraction of sp³-hybridized carbons (Fsp3) is 0.562. The molecule has 0 aromatic carbocycles. The second-order valence-corrected chi connectivity index (χ2v) is 5.92. The summed E-state index contributed by atoms with van der Waals surface area (Å²) < 4.78 is 7.14. The van der Waals surface area contributed by atoms with E-state index in [1.54, 1.807) is 23.2 Å². The van der Waals surface area contributed by atoms with E-state index >= 15 is 0 Å². The van der Waals surface area contributed by atoms with Crippen LogP contribution in [-0.4, -0.2) is 46.5 Å². The number of likely N-dealkylation sites (tertiary alicyclic amines) is 1. The number of pyridine rings is 1. The zero-order valence-electron chi connectivity index (χ0n) is 12.5. The lowest BCUT2D eigenvalue weighted by Gasteiger charge is -2.37. The van der Waals surface area contributed by atoms with Gasteiger partial charge < -0.3 is 14.2 Å². The third-order valence-electron chi connectivity index (χ3n) is 4.55. The monoisotopic (exact) mass is 304 g/mol. The number of rotatable bonds is 3. The minimum atomic E-state index is -0.632. The van der Waals surface area contributed by atoms with Crippen LogP contribution in [0, 0.1) is 0 Å². The van der Waals surface area contributed by atoms with E-state index in [4.69, 9.17) is 4.74 Å². The van der Waals surface area contributed by atoms with Crippen molar-refractivity contribution in [2.24, 2.45) is 0 Å². The van der Waals surface area contributed by atoms with E-state index in [1.807, 2.05) is 0 Å². The van der Waals surface area contributed by atoms with Crippen LogP contribution in [0.1, 0.15) is 25.7 Å². The van der Waals surface area contributed by atoms with Gasteiger partial charge in [0.25, 0.3) is 5.56 Å². The summed E-state index contributed by atoms with van der Waals surface area (Å²) in [7, 11) is 0. The molecular formula is C16H20N2O4. The summed E-state index contributed by atoms with van der Waals surface area (Å²) in [4.78, 5) is 37.7. The van der Waals surface area contributed by atoms with Crippen LogP contribution in [0.3, 0.4) is 0 Å². The Morgan fingerprint density at radius 3 is 2.82 bits per heavy atom. The van der Waals surface area contributed by atoms with Crippen LogP contribution in [0.2, 0.25) is 0 Å². The van der Waals surface area contributed by atoms with Crippen molar-refractivity contribution in [3.05, 3.63) is 34.7 Å². The molecule has 118 valence electrons. The van der Waals surface area contributed by atoms with Crippen molar-refractivity contribution < 1.29 is 14.3 Å². The van der Waals surface area contributed by atoms with Crippen molar-refractivity contribution in [2.75, 3.05) is 19.7 Å². The fourth-order valence-corrected chi connectivity index (χ4v) is 3.20. The van der Waals surface area contributed by atoms with Gasteiger partial charge in [0.05, 0.1) is 6.54 Å². The lowest BCUT2D eigenvalue weighted by atomic mass is 9.87. The van der Waals surface area contributed by atoms with E-state index in [9.17, 15) is 14.4 Å². The lowest BCUT2D eigenvalue weighted by Crippen LogP contribution is -2.53. The highest BCUT2D eigenvalue weighted by Gasteiger charge is 2.46. The topological polar surface area (TPSA) is 68.6 Å². The minimum absolute atomic E-state index is 0.0153. The molecule has 3 heterocycles. The molecular weight excluding hydrogens is 284 g/mol. The summed E-state index contributed by atoms with van der Waals surface area (Å²) in [6.45, 7) is 1.65. The first-order chi connectivity index (χ1) is 10.6. The minimum Gasteiger partial charge on any atom is -0.367 e. The molecule has 0 unspecified atom stereocenters. The molecule has 0 N–H and O–H groups in total. The third-order valence-corrected chi connectivity index (χ3v) is 4.55. The largest absolute Gasteiger partial charge is 0.367 e. The van der Waals surface area contributed by atoms with Crippen LogP contribution >= 0.6 is 0 Å². The summed E-state index contributed by atoms with van der Waals surface area (Å²) in [6.07, 6.45) is 4.16. The van der Waals surface area contributed by atoms with E-state index in [0.717, 1.165) is 12.8 Å². The van der Waals surface area contributed by atoms with Gasteiger partial charge in [0.15, 0.2) is 5.78 Å². The molecule has 2 aliphatic heterocycles. The quantitative estimate of drug-likeness (QED) is 0.819. The number of ether oxygens (including phenoxy) is 1. The summed E-state index contributed by atoms with van der Waals surface area (Å²) in [6, 6.07) is 4.90. The Labute approximate surface area is 128 Å². The molecule has 1 atom stereocenters. The second kappa shape index (κ2) is 6.04. The van der Waals surface area contributed by atoms with Crippen LogP contribution in [0.25, 0.3) is 0 Å². The molecule has 2 saturated heterocycles. The van der Waals surface area contributed by atoms with Gasteiger partial charge in [0, 0.05) is 44.8 Å². The van der Waals surface area contributed by atoms with Crippen molar-refractivity contribution >= 4 is 11.7 Å². The number of hydrogen-bond acceptors (Lipinski definition) is 4. The number of carbonyl (C=O) groups excluding carboxylic acids is 2. The van der Waals surface area contributed by atoms with E-state index in [-0.39, 0.29) is 30.2 Å².